The summed E-state index contributed by atoms with van der Waals surface area (Å²) < 4.78 is 24.5. The molecule has 0 aromatic carbocycles. The lowest BCUT2D eigenvalue weighted by Gasteiger charge is -2.15. The predicted octanol–water partition coefficient (Wildman–Crippen LogP) is 2.56. The number of hydrogen-bond donors (Lipinski definition) is 1. The van der Waals surface area contributed by atoms with Crippen molar-refractivity contribution in [3.63, 3.8) is 0 Å². The lowest BCUT2D eigenvalue weighted by molar-refractivity contribution is 0.103. The second-order valence-electron chi connectivity index (χ2n) is 4.62. The molecule has 0 bridgehead atoms. The van der Waals surface area contributed by atoms with Crippen molar-refractivity contribution < 1.29 is 8.78 Å². The summed E-state index contributed by atoms with van der Waals surface area (Å²) >= 11 is 0. The second-order valence-corrected chi connectivity index (χ2v) is 4.62. The molecular weight excluding hydrogens is 172 g/mol. The fraction of sp³-hybridized carbons (Fsp3) is 1.00. The molecular formula is C10H17F2N. The minimum Gasteiger partial charge on any atom is -0.306 e. The highest BCUT2D eigenvalue weighted by atomic mass is 19.3. The third kappa shape index (κ3) is 1.71. The van der Waals surface area contributed by atoms with Crippen LogP contribution in [-0.4, -0.2) is 18.5 Å². The van der Waals surface area contributed by atoms with E-state index in [9.17, 15) is 8.78 Å². The Hall–Kier alpha value is -0.180. The zero-order valence-corrected chi connectivity index (χ0v) is 8.02. The van der Waals surface area contributed by atoms with Gasteiger partial charge < -0.3 is 5.32 Å². The number of alkyl halides is 2. The third-order valence-corrected chi connectivity index (χ3v) is 3.63. The Kier molecular flexibility index (Phi) is 2.30. The van der Waals surface area contributed by atoms with Gasteiger partial charge in [0.25, 0.3) is 6.43 Å². The zero-order valence-electron chi connectivity index (χ0n) is 8.02. The number of nitrogens with one attached hydrogen (secondary N) is 1. The highest BCUT2D eigenvalue weighted by Crippen LogP contribution is 2.57. The zero-order chi connectivity index (χ0) is 9.47. The smallest absolute Gasteiger partial charge is 0.253 e. The van der Waals surface area contributed by atoms with Crippen molar-refractivity contribution in [3.8, 4) is 0 Å². The Morgan fingerprint density at radius 2 is 1.92 bits per heavy atom. The van der Waals surface area contributed by atoms with E-state index in [1.54, 1.807) is 6.92 Å². The van der Waals surface area contributed by atoms with Crippen molar-refractivity contribution in [1.82, 2.24) is 5.32 Å². The summed E-state index contributed by atoms with van der Waals surface area (Å²) in [6.45, 7) is 1.58. The molecule has 2 fully saturated rings. The first kappa shape index (κ1) is 9.38. The summed E-state index contributed by atoms with van der Waals surface area (Å²) in [4.78, 5) is 0. The first-order valence-electron chi connectivity index (χ1n) is 5.18. The number of hydrogen-bond acceptors (Lipinski definition) is 1. The van der Waals surface area contributed by atoms with Crippen LogP contribution in [0.15, 0.2) is 0 Å². The van der Waals surface area contributed by atoms with Gasteiger partial charge in [-0.3, -0.25) is 0 Å². The fourth-order valence-corrected chi connectivity index (χ4v) is 2.61. The van der Waals surface area contributed by atoms with Crippen LogP contribution in [0.2, 0.25) is 0 Å². The van der Waals surface area contributed by atoms with Gasteiger partial charge in [0.05, 0.1) is 6.04 Å². The molecule has 2 saturated carbocycles. The van der Waals surface area contributed by atoms with Crippen molar-refractivity contribution in [2.75, 3.05) is 0 Å². The maximum absolute atomic E-state index is 12.2. The van der Waals surface area contributed by atoms with Crippen LogP contribution in [0.25, 0.3) is 0 Å². The highest BCUT2D eigenvalue weighted by molar-refractivity contribution is 5.10. The van der Waals surface area contributed by atoms with Gasteiger partial charge in [0, 0.05) is 6.04 Å². The van der Waals surface area contributed by atoms with Gasteiger partial charge in [-0.15, -0.1) is 0 Å². The Morgan fingerprint density at radius 1 is 1.31 bits per heavy atom. The summed E-state index contributed by atoms with van der Waals surface area (Å²) in [6, 6.07) is -0.246. The van der Waals surface area contributed by atoms with Crippen LogP contribution < -0.4 is 5.32 Å². The van der Waals surface area contributed by atoms with Gasteiger partial charge in [0.2, 0.25) is 0 Å². The molecule has 2 unspecified atom stereocenters. The van der Waals surface area contributed by atoms with Crippen LogP contribution in [0.4, 0.5) is 8.78 Å². The minimum atomic E-state index is -2.22. The molecule has 0 radical (unpaired) electrons. The highest BCUT2D eigenvalue weighted by Gasteiger charge is 2.55. The summed E-state index contributed by atoms with van der Waals surface area (Å²) in [5.41, 5.74) is 0.434. The van der Waals surface area contributed by atoms with Crippen LogP contribution >= 0.6 is 0 Å². The molecule has 0 heterocycles. The van der Waals surface area contributed by atoms with Gasteiger partial charge in [-0.1, -0.05) is 12.8 Å². The molecule has 2 aliphatic rings. The lowest BCUT2D eigenvalue weighted by atomic mass is 10.1. The second kappa shape index (κ2) is 3.19. The third-order valence-electron chi connectivity index (χ3n) is 3.63. The van der Waals surface area contributed by atoms with Crippen LogP contribution in [-0.2, 0) is 0 Å². The predicted molar refractivity (Wildman–Crippen MR) is 47.9 cm³/mol. The summed E-state index contributed by atoms with van der Waals surface area (Å²) in [6.07, 6.45) is 3.99. The van der Waals surface area contributed by atoms with E-state index in [4.69, 9.17) is 0 Å². The molecule has 1 nitrogen and oxygen atoms in total. The molecule has 2 aliphatic carbocycles. The average Bonchev–Trinajstić information content (AvgIpc) is 2.54. The van der Waals surface area contributed by atoms with Crippen molar-refractivity contribution in [3.05, 3.63) is 0 Å². The lowest BCUT2D eigenvalue weighted by Crippen LogP contribution is -2.36. The maximum Gasteiger partial charge on any atom is 0.253 e. The molecule has 2 atom stereocenters. The Labute approximate surface area is 77.9 Å². The quantitative estimate of drug-likeness (QED) is 0.719. The minimum absolute atomic E-state index is 0.388. The van der Waals surface area contributed by atoms with Gasteiger partial charge in [0.1, 0.15) is 0 Å². The van der Waals surface area contributed by atoms with Gasteiger partial charge in [0.15, 0.2) is 0 Å². The van der Waals surface area contributed by atoms with Crippen LogP contribution in [0.1, 0.15) is 39.0 Å². The Bertz CT molecular complexity index is 187. The summed E-state index contributed by atoms with van der Waals surface area (Å²) in [5.74, 6) is 0. The van der Waals surface area contributed by atoms with Crippen LogP contribution in [0.3, 0.4) is 0 Å². The summed E-state index contributed by atoms with van der Waals surface area (Å²) in [5, 5.41) is 3.04. The first-order valence-corrected chi connectivity index (χ1v) is 5.18. The molecule has 3 heteroatoms. The number of halogens is 2. The topological polar surface area (TPSA) is 12.0 Å². The van der Waals surface area contributed by atoms with Gasteiger partial charge >= 0.3 is 0 Å². The molecule has 1 spiro atoms. The van der Waals surface area contributed by atoms with E-state index in [1.807, 2.05) is 0 Å². The number of rotatable bonds is 3. The normalized spacial score (nSPS) is 32.8. The van der Waals surface area contributed by atoms with Crippen molar-refractivity contribution in [2.24, 2.45) is 5.41 Å². The van der Waals surface area contributed by atoms with Gasteiger partial charge in [-0.25, -0.2) is 8.78 Å². The van der Waals surface area contributed by atoms with Crippen molar-refractivity contribution in [2.45, 2.75) is 57.5 Å². The molecule has 13 heavy (non-hydrogen) atoms. The van der Waals surface area contributed by atoms with Gasteiger partial charge in [-0.2, -0.15) is 0 Å². The van der Waals surface area contributed by atoms with Crippen molar-refractivity contribution in [1.29, 1.82) is 0 Å². The standard InChI is InChI=1S/C10H17F2N/c1-7(9(11)12)13-8-6-10(8)4-2-3-5-10/h7-9,13H,2-6H2,1H3. The monoisotopic (exact) mass is 189 g/mol. The molecule has 0 aromatic heterocycles. The van der Waals surface area contributed by atoms with E-state index in [2.05, 4.69) is 5.32 Å². The Balaban J connectivity index is 1.79. The van der Waals surface area contributed by atoms with Crippen molar-refractivity contribution >= 4 is 0 Å². The van der Waals surface area contributed by atoms with E-state index in [-0.39, 0.29) is 0 Å². The Morgan fingerprint density at radius 3 is 2.46 bits per heavy atom. The van der Waals surface area contributed by atoms with Crippen LogP contribution in [0, 0.1) is 5.41 Å². The molecule has 0 aromatic rings. The van der Waals surface area contributed by atoms with E-state index < -0.39 is 12.5 Å². The molecule has 0 saturated heterocycles. The van der Waals surface area contributed by atoms with E-state index in [0.717, 1.165) is 6.42 Å². The average molecular weight is 189 g/mol. The fourth-order valence-electron chi connectivity index (χ4n) is 2.61. The van der Waals surface area contributed by atoms with E-state index in [1.165, 1.54) is 25.7 Å². The molecule has 76 valence electrons. The molecule has 1 N–H and O–H groups in total. The summed E-state index contributed by atoms with van der Waals surface area (Å²) in [7, 11) is 0. The largest absolute Gasteiger partial charge is 0.306 e. The van der Waals surface area contributed by atoms with E-state index in [0.29, 0.717) is 11.5 Å². The molecule has 0 amide bonds. The molecule has 2 rings (SSSR count). The first-order chi connectivity index (χ1) is 6.14. The van der Waals surface area contributed by atoms with E-state index >= 15 is 0 Å². The van der Waals surface area contributed by atoms with Crippen LogP contribution in [0.5, 0.6) is 0 Å². The van der Waals surface area contributed by atoms with Gasteiger partial charge in [-0.05, 0) is 31.6 Å². The SMILES string of the molecule is CC(NC1CC12CCCC2)C(F)F. The maximum atomic E-state index is 12.2. The molecule has 0 aliphatic heterocycles.